The number of carbonyl (C=O) groups excluding carboxylic acids is 1. The first-order valence-electron chi connectivity index (χ1n) is 8.79. The highest BCUT2D eigenvalue weighted by atomic mass is 35.5. The minimum atomic E-state index is -0.0543. The highest BCUT2D eigenvalue weighted by Gasteiger charge is 2.19. The number of pyridine rings is 1. The molecular weight excluding hydrogens is 352 g/mol. The van der Waals surface area contributed by atoms with E-state index in [2.05, 4.69) is 15.6 Å². The zero-order valence-electron chi connectivity index (χ0n) is 14.6. The molecule has 0 aliphatic carbocycles. The van der Waals surface area contributed by atoms with E-state index in [1.54, 1.807) is 17.2 Å². The first-order valence-corrected chi connectivity index (χ1v) is 9.17. The highest BCUT2D eigenvalue weighted by molar-refractivity contribution is 6.33. The number of rotatable bonds is 7. The topological polar surface area (TPSA) is 66.5 Å². The molecule has 0 unspecified atom stereocenters. The lowest BCUT2D eigenvalue weighted by atomic mass is 10.2. The molecule has 2 N–H and O–H groups in total. The van der Waals surface area contributed by atoms with Crippen molar-refractivity contribution >= 4 is 29.0 Å². The lowest BCUT2D eigenvalue weighted by Gasteiger charge is -2.26. The van der Waals surface area contributed by atoms with Gasteiger partial charge < -0.3 is 20.3 Å². The summed E-state index contributed by atoms with van der Waals surface area (Å²) < 4.78 is 5.27. The molecule has 0 radical (unpaired) electrons. The van der Waals surface area contributed by atoms with Gasteiger partial charge in [0.1, 0.15) is 5.82 Å². The van der Waals surface area contributed by atoms with Crippen molar-refractivity contribution in [2.24, 2.45) is 0 Å². The largest absolute Gasteiger partial charge is 0.385 e. The quantitative estimate of drug-likeness (QED) is 0.729. The van der Waals surface area contributed by atoms with E-state index < -0.39 is 0 Å². The van der Waals surface area contributed by atoms with Crippen molar-refractivity contribution in [3.63, 3.8) is 0 Å². The molecule has 0 bridgehead atoms. The number of nitrogens with one attached hydrogen (secondary N) is 2. The fourth-order valence-electron chi connectivity index (χ4n) is 2.72. The molecule has 1 aromatic carbocycles. The molecule has 1 amide bonds. The van der Waals surface area contributed by atoms with Gasteiger partial charge in [0.05, 0.1) is 23.8 Å². The van der Waals surface area contributed by atoms with Crippen molar-refractivity contribution in [2.75, 3.05) is 50.0 Å². The van der Waals surface area contributed by atoms with E-state index in [9.17, 15) is 4.79 Å². The van der Waals surface area contributed by atoms with Crippen LogP contribution in [-0.4, -0.2) is 55.2 Å². The van der Waals surface area contributed by atoms with Crippen molar-refractivity contribution in [1.82, 2.24) is 9.88 Å². The predicted octanol–water partition coefficient (Wildman–Crippen LogP) is 3.12. The van der Waals surface area contributed by atoms with Crippen LogP contribution in [0.4, 0.5) is 11.5 Å². The van der Waals surface area contributed by atoms with E-state index in [0.29, 0.717) is 42.7 Å². The van der Waals surface area contributed by atoms with Crippen molar-refractivity contribution in [1.29, 1.82) is 0 Å². The summed E-state index contributed by atoms with van der Waals surface area (Å²) in [6.07, 6.45) is 2.50. The lowest BCUT2D eigenvalue weighted by Crippen LogP contribution is -2.40. The first kappa shape index (κ1) is 18.5. The first-order chi connectivity index (χ1) is 12.7. The average Bonchev–Trinajstić information content (AvgIpc) is 2.69. The number of benzene rings is 1. The maximum atomic E-state index is 12.4. The number of morpholine rings is 1. The van der Waals surface area contributed by atoms with Crippen LogP contribution in [0.15, 0.2) is 42.6 Å². The Morgan fingerprint density at radius 3 is 2.62 bits per heavy atom. The van der Waals surface area contributed by atoms with E-state index in [-0.39, 0.29) is 5.91 Å². The molecule has 1 fully saturated rings. The Hall–Kier alpha value is -2.31. The summed E-state index contributed by atoms with van der Waals surface area (Å²) in [5.74, 6) is 0.547. The van der Waals surface area contributed by atoms with Gasteiger partial charge in [-0.3, -0.25) is 4.79 Å². The molecule has 1 aromatic heterocycles. The number of ether oxygens (including phenoxy) is 1. The monoisotopic (exact) mass is 374 g/mol. The van der Waals surface area contributed by atoms with Crippen LogP contribution in [-0.2, 0) is 4.74 Å². The Labute approximate surface area is 158 Å². The number of para-hydroxylation sites is 1. The van der Waals surface area contributed by atoms with E-state index in [0.717, 1.165) is 25.2 Å². The third kappa shape index (κ3) is 5.09. The molecule has 2 heterocycles. The van der Waals surface area contributed by atoms with Crippen molar-refractivity contribution in [2.45, 2.75) is 6.42 Å². The molecule has 138 valence electrons. The highest BCUT2D eigenvalue weighted by Crippen LogP contribution is 2.21. The molecule has 26 heavy (non-hydrogen) atoms. The Morgan fingerprint density at radius 1 is 1.15 bits per heavy atom. The summed E-state index contributed by atoms with van der Waals surface area (Å²) in [7, 11) is 0. The van der Waals surface area contributed by atoms with Gasteiger partial charge in [-0.2, -0.15) is 0 Å². The molecule has 1 saturated heterocycles. The summed E-state index contributed by atoms with van der Waals surface area (Å²) in [6.45, 7) is 3.94. The van der Waals surface area contributed by atoms with Gasteiger partial charge in [0.2, 0.25) is 0 Å². The van der Waals surface area contributed by atoms with Gasteiger partial charge in [-0.15, -0.1) is 0 Å². The zero-order valence-corrected chi connectivity index (χ0v) is 15.3. The van der Waals surface area contributed by atoms with Crippen LogP contribution in [0.3, 0.4) is 0 Å². The fraction of sp³-hybridized carbons (Fsp3) is 0.368. The summed E-state index contributed by atoms with van der Waals surface area (Å²) >= 11 is 6.29. The number of amides is 1. The summed E-state index contributed by atoms with van der Waals surface area (Å²) in [5.41, 5.74) is 1.61. The van der Waals surface area contributed by atoms with Crippen LogP contribution in [0.25, 0.3) is 0 Å². The number of anilines is 2. The van der Waals surface area contributed by atoms with Gasteiger partial charge in [0.15, 0.2) is 0 Å². The van der Waals surface area contributed by atoms with Gasteiger partial charge in [-0.25, -0.2) is 4.98 Å². The summed E-state index contributed by atoms with van der Waals surface area (Å²) in [5, 5.41) is 7.03. The second-order valence-corrected chi connectivity index (χ2v) is 6.44. The number of halogens is 1. The van der Waals surface area contributed by atoms with Crippen molar-refractivity contribution in [3.8, 4) is 0 Å². The normalized spacial score (nSPS) is 14.1. The van der Waals surface area contributed by atoms with Crippen molar-refractivity contribution in [3.05, 3.63) is 53.2 Å². The Kier molecular flexibility index (Phi) is 6.68. The molecule has 6 nitrogen and oxygen atoms in total. The molecule has 0 spiro atoms. The fourth-order valence-corrected chi connectivity index (χ4v) is 2.95. The number of carbonyl (C=O) groups is 1. The summed E-state index contributed by atoms with van der Waals surface area (Å²) in [4.78, 5) is 18.5. The van der Waals surface area contributed by atoms with Crippen LogP contribution in [0.1, 0.15) is 16.8 Å². The van der Waals surface area contributed by atoms with Gasteiger partial charge in [0.25, 0.3) is 5.91 Å². The third-order valence-electron chi connectivity index (χ3n) is 4.14. The van der Waals surface area contributed by atoms with Gasteiger partial charge in [-0.05, 0) is 24.6 Å². The predicted molar refractivity (Wildman–Crippen MR) is 104 cm³/mol. The maximum Gasteiger partial charge on any atom is 0.255 e. The van der Waals surface area contributed by atoms with Crippen LogP contribution in [0.2, 0.25) is 5.02 Å². The number of nitrogens with zero attached hydrogens (tertiary/aromatic N) is 2. The number of hydrogen-bond acceptors (Lipinski definition) is 5. The molecule has 0 atom stereocenters. The molecule has 3 rings (SSSR count). The molecule has 1 aliphatic rings. The van der Waals surface area contributed by atoms with Crippen LogP contribution in [0, 0.1) is 0 Å². The van der Waals surface area contributed by atoms with Crippen LogP contribution in [0.5, 0.6) is 0 Å². The second-order valence-electron chi connectivity index (χ2n) is 6.03. The lowest BCUT2D eigenvalue weighted by molar-refractivity contribution is 0.0302. The van der Waals surface area contributed by atoms with Gasteiger partial charge in [0, 0.05) is 38.1 Å². The molecule has 0 saturated carbocycles. The maximum absolute atomic E-state index is 12.4. The second kappa shape index (κ2) is 9.40. The molecule has 2 aromatic rings. The van der Waals surface area contributed by atoms with Crippen LogP contribution < -0.4 is 10.6 Å². The smallest absolute Gasteiger partial charge is 0.255 e. The standard InChI is InChI=1S/C19H23ClN4O2/c20-17-13-15(19(25)24-9-11-26-12-10-24)14-23-18(17)22-8-4-7-21-16-5-2-1-3-6-16/h1-3,5-6,13-14,21H,4,7-12H2,(H,22,23). The van der Waals surface area contributed by atoms with E-state index in [1.165, 1.54) is 0 Å². The van der Waals surface area contributed by atoms with Gasteiger partial charge in [-0.1, -0.05) is 29.8 Å². The summed E-state index contributed by atoms with van der Waals surface area (Å²) in [6, 6.07) is 11.8. The Balaban J connectivity index is 1.46. The van der Waals surface area contributed by atoms with Crippen LogP contribution >= 0.6 is 11.6 Å². The van der Waals surface area contributed by atoms with E-state index in [1.807, 2.05) is 30.3 Å². The van der Waals surface area contributed by atoms with Gasteiger partial charge >= 0.3 is 0 Å². The number of aromatic nitrogens is 1. The average molecular weight is 375 g/mol. The zero-order chi connectivity index (χ0) is 18.2. The Bertz CT molecular complexity index is 721. The third-order valence-corrected chi connectivity index (χ3v) is 4.42. The van der Waals surface area contributed by atoms with Crippen molar-refractivity contribution < 1.29 is 9.53 Å². The molecule has 1 aliphatic heterocycles. The van der Waals surface area contributed by atoms with E-state index in [4.69, 9.17) is 16.3 Å². The minimum absolute atomic E-state index is 0.0543. The minimum Gasteiger partial charge on any atom is -0.385 e. The number of hydrogen-bond donors (Lipinski definition) is 2. The molecule has 7 heteroatoms. The Morgan fingerprint density at radius 2 is 1.88 bits per heavy atom. The SMILES string of the molecule is O=C(c1cnc(NCCCNc2ccccc2)c(Cl)c1)N1CCOCC1. The molecular formula is C19H23ClN4O2. The van der Waals surface area contributed by atoms with E-state index >= 15 is 0 Å².